The molecule has 0 aliphatic carbocycles. The van der Waals surface area contributed by atoms with E-state index in [1.807, 2.05) is 48.5 Å². The van der Waals surface area contributed by atoms with Crippen molar-refractivity contribution in [2.45, 2.75) is 5.22 Å². The molecule has 25 heavy (non-hydrogen) atoms. The molecule has 0 N–H and O–H groups in total. The van der Waals surface area contributed by atoms with E-state index in [4.69, 9.17) is 16.0 Å². The van der Waals surface area contributed by atoms with E-state index in [1.165, 1.54) is 0 Å². The molecule has 0 aliphatic heterocycles. The molecule has 0 atom stereocenters. The van der Waals surface area contributed by atoms with Crippen LogP contribution in [0.1, 0.15) is 10.4 Å². The fourth-order valence-electron chi connectivity index (χ4n) is 2.45. The predicted octanol–water partition coefficient (Wildman–Crippen LogP) is 5.48. The van der Waals surface area contributed by atoms with Crippen molar-refractivity contribution < 1.29 is 9.21 Å². The molecule has 0 saturated heterocycles. The number of fused-ring (bicyclic) bond motifs is 1. The molecule has 0 fully saturated rings. The van der Waals surface area contributed by atoms with Crippen LogP contribution in [0.25, 0.3) is 22.2 Å². The fourth-order valence-corrected chi connectivity index (χ4v) is 3.27. The van der Waals surface area contributed by atoms with Crippen LogP contribution in [-0.4, -0.2) is 15.3 Å². The Morgan fingerprint density at radius 2 is 1.68 bits per heavy atom. The second-order valence-corrected chi connectivity index (χ2v) is 6.64. The Morgan fingerprint density at radius 1 is 0.920 bits per heavy atom. The van der Waals surface area contributed by atoms with Crippen LogP contribution < -0.4 is 0 Å². The number of hydrogen-bond acceptors (Lipinski definition) is 5. The maximum absolute atomic E-state index is 12.5. The lowest BCUT2D eigenvalue weighted by molar-refractivity contribution is 0.108. The number of nitrogens with zero attached hydrogens (tertiary/aromatic N) is 2. The average molecular weight is 367 g/mol. The lowest BCUT2D eigenvalue weighted by Crippen LogP contribution is -1.93. The minimum atomic E-state index is -0.153. The molecule has 0 radical (unpaired) electrons. The first kappa shape index (κ1) is 15.9. The highest BCUT2D eigenvalue weighted by Gasteiger charge is 2.16. The average Bonchev–Trinajstić information content (AvgIpc) is 3.10. The van der Waals surface area contributed by atoms with Gasteiger partial charge in [0.2, 0.25) is 11.0 Å². The van der Waals surface area contributed by atoms with Crippen LogP contribution in [0.4, 0.5) is 0 Å². The summed E-state index contributed by atoms with van der Waals surface area (Å²) in [7, 11) is 0. The van der Waals surface area contributed by atoms with Gasteiger partial charge in [0.25, 0.3) is 5.22 Å². The van der Waals surface area contributed by atoms with E-state index in [9.17, 15) is 4.79 Å². The molecule has 0 bridgehead atoms. The number of rotatable bonds is 3. The van der Waals surface area contributed by atoms with Gasteiger partial charge in [0.05, 0.1) is 10.6 Å². The van der Waals surface area contributed by atoms with Gasteiger partial charge in [-0.1, -0.05) is 54.1 Å². The van der Waals surface area contributed by atoms with Gasteiger partial charge in [-0.25, -0.2) is 0 Å². The summed E-state index contributed by atoms with van der Waals surface area (Å²) in [5.74, 6) is 0.291. The third kappa shape index (κ3) is 3.29. The molecule has 0 amide bonds. The highest BCUT2D eigenvalue weighted by atomic mass is 35.5. The molecular formula is C19H11ClN2O2S. The zero-order valence-corrected chi connectivity index (χ0v) is 14.4. The number of carbonyl (C=O) groups excluding carboxylic acids is 1. The van der Waals surface area contributed by atoms with Gasteiger partial charge < -0.3 is 4.42 Å². The molecule has 0 saturated carbocycles. The lowest BCUT2D eigenvalue weighted by atomic mass is 10.1. The largest absolute Gasteiger partial charge is 0.411 e. The zero-order chi connectivity index (χ0) is 17.2. The smallest absolute Gasteiger partial charge is 0.284 e. The molecule has 4 nitrogen and oxygen atoms in total. The second-order valence-electron chi connectivity index (χ2n) is 5.30. The summed E-state index contributed by atoms with van der Waals surface area (Å²) < 4.78 is 5.57. The third-order valence-corrected chi connectivity index (χ3v) is 4.77. The number of carbonyl (C=O) groups is 1. The van der Waals surface area contributed by atoms with Crippen molar-refractivity contribution >= 4 is 39.3 Å². The quantitative estimate of drug-likeness (QED) is 0.449. The Bertz CT molecular complexity index is 1080. The maximum Gasteiger partial charge on any atom is 0.284 e. The van der Waals surface area contributed by atoms with Gasteiger partial charge in [0, 0.05) is 17.3 Å². The number of halogens is 1. The number of benzene rings is 3. The van der Waals surface area contributed by atoms with Gasteiger partial charge in [0.15, 0.2) is 0 Å². The van der Waals surface area contributed by atoms with Crippen LogP contribution in [-0.2, 0) is 0 Å². The molecular weight excluding hydrogens is 356 g/mol. The van der Waals surface area contributed by atoms with E-state index in [0.717, 1.165) is 22.5 Å². The summed E-state index contributed by atoms with van der Waals surface area (Å²) in [6.07, 6.45) is 0. The van der Waals surface area contributed by atoms with Crippen molar-refractivity contribution in [3.05, 3.63) is 77.3 Å². The second kappa shape index (κ2) is 6.70. The van der Waals surface area contributed by atoms with Gasteiger partial charge in [-0.05, 0) is 35.0 Å². The fraction of sp³-hybridized carbons (Fsp3) is 0. The number of aromatic nitrogens is 2. The molecule has 122 valence electrons. The third-order valence-electron chi connectivity index (χ3n) is 3.68. The normalized spacial score (nSPS) is 10.9. The molecule has 0 unspecified atom stereocenters. The minimum absolute atomic E-state index is 0.153. The number of thioether (sulfide) groups is 1. The molecule has 4 aromatic rings. The van der Waals surface area contributed by atoms with E-state index < -0.39 is 0 Å². The van der Waals surface area contributed by atoms with E-state index >= 15 is 0 Å². The molecule has 6 heteroatoms. The van der Waals surface area contributed by atoms with Gasteiger partial charge in [-0.15, -0.1) is 10.2 Å². The summed E-state index contributed by atoms with van der Waals surface area (Å²) in [6, 6.07) is 20.6. The van der Waals surface area contributed by atoms with Crippen LogP contribution >= 0.6 is 23.4 Å². The van der Waals surface area contributed by atoms with Gasteiger partial charge in [-0.3, -0.25) is 4.79 Å². The van der Waals surface area contributed by atoms with Crippen molar-refractivity contribution in [1.29, 1.82) is 0 Å². The monoisotopic (exact) mass is 366 g/mol. The van der Waals surface area contributed by atoms with Crippen LogP contribution in [0.3, 0.4) is 0 Å². The molecule has 3 aromatic carbocycles. The first-order valence-corrected chi connectivity index (χ1v) is 8.69. The van der Waals surface area contributed by atoms with Crippen molar-refractivity contribution in [3.63, 3.8) is 0 Å². The topological polar surface area (TPSA) is 56.0 Å². The minimum Gasteiger partial charge on any atom is -0.411 e. The molecule has 0 aliphatic rings. The van der Waals surface area contributed by atoms with Crippen molar-refractivity contribution in [2.24, 2.45) is 0 Å². The zero-order valence-electron chi connectivity index (χ0n) is 12.8. The van der Waals surface area contributed by atoms with E-state index in [2.05, 4.69) is 10.2 Å². The Kier molecular flexibility index (Phi) is 4.26. The van der Waals surface area contributed by atoms with Crippen molar-refractivity contribution in [2.75, 3.05) is 0 Å². The Morgan fingerprint density at radius 3 is 2.52 bits per heavy atom. The first-order chi connectivity index (χ1) is 12.2. The van der Waals surface area contributed by atoms with E-state index in [0.29, 0.717) is 22.0 Å². The predicted molar refractivity (Wildman–Crippen MR) is 98.9 cm³/mol. The first-order valence-electron chi connectivity index (χ1n) is 7.50. The highest BCUT2D eigenvalue weighted by Crippen LogP contribution is 2.30. The Balaban J connectivity index is 1.57. The molecule has 1 aromatic heterocycles. The summed E-state index contributed by atoms with van der Waals surface area (Å²) >= 11 is 7.03. The van der Waals surface area contributed by atoms with Crippen LogP contribution in [0.5, 0.6) is 0 Å². The lowest BCUT2D eigenvalue weighted by Gasteiger charge is -2.01. The van der Waals surface area contributed by atoms with Gasteiger partial charge in [0.1, 0.15) is 0 Å². The van der Waals surface area contributed by atoms with Gasteiger partial charge in [-0.2, -0.15) is 0 Å². The summed E-state index contributed by atoms with van der Waals surface area (Å²) in [4.78, 5) is 12.5. The van der Waals surface area contributed by atoms with Gasteiger partial charge >= 0.3 is 0 Å². The molecule has 0 spiro atoms. The van der Waals surface area contributed by atoms with E-state index in [-0.39, 0.29) is 10.3 Å². The van der Waals surface area contributed by atoms with Crippen LogP contribution in [0.2, 0.25) is 5.02 Å². The van der Waals surface area contributed by atoms with E-state index in [1.54, 1.807) is 18.2 Å². The molecule has 4 rings (SSSR count). The summed E-state index contributed by atoms with van der Waals surface area (Å²) in [5.41, 5.74) is 1.22. The van der Waals surface area contributed by atoms with Crippen molar-refractivity contribution in [1.82, 2.24) is 10.2 Å². The summed E-state index contributed by atoms with van der Waals surface area (Å²) in [6.45, 7) is 0. The number of hydrogen-bond donors (Lipinski definition) is 0. The van der Waals surface area contributed by atoms with Crippen LogP contribution in [0, 0.1) is 0 Å². The van der Waals surface area contributed by atoms with Crippen molar-refractivity contribution in [3.8, 4) is 11.5 Å². The standard InChI is InChI=1S/C19H11ClN2O2S/c20-16-8-4-3-7-15(16)17-21-22-19(24-17)25-18(23)14-10-9-12-5-1-2-6-13(12)11-14/h1-11H. The molecule has 1 heterocycles. The maximum atomic E-state index is 12.5. The SMILES string of the molecule is O=C(Sc1nnc(-c2ccccc2Cl)o1)c1ccc2ccccc2c1. The Labute approximate surface area is 152 Å². The highest BCUT2D eigenvalue weighted by molar-refractivity contribution is 8.14. The summed E-state index contributed by atoms with van der Waals surface area (Å²) in [5, 5.41) is 10.5. The Hall–Kier alpha value is -2.63. The van der Waals surface area contributed by atoms with Crippen LogP contribution in [0.15, 0.2) is 76.4 Å².